The van der Waals surface area contributed by atoms with Gasteiger partial charge in [0, 0.05) is 0 Å². The van der Waals surface area contributed by atoms with Gasteiger partial charge in [-0.1, -0.05) is 0 Å². The fraction of sp³-hybridized carbons (Fsp3) is 0.667. The Morgan fingerprint density at radius 3 is 2.00 bits per heavy atom. The molecule has 7 heavy (non-hydrogen) atoms. The van der Waals surface area contributed by atoms with Gasteiger partial charge in [0.15, 0.2) is 0 Å². The van der Waals surface area contributed by atoms with E-state index in [9.17, 15) is 9.90 Å². The van der Waals surface area contributed by atoms with Crippen LogP contribution in [0.2, 0.25) is 0 Å². The number of carbonyl (C=O) groups excluding carboxylic acids is 1. The Labute approximate surface area is 63.6 Å². The summed E-state index contributed by atoms with van der Waals surface area (Å²) in [5.41, 5.74) is 0. The van der Waals surface area contributed by atoms with Gasteiger partial charge in [-0.25, -0.2) is 0 Å². The van der Waals surface area contributed by atoms with Crippen LogP contribution in [0.5, 0.6) is 0 Å². The van der Waals surface area contributed by atoms with Crippen LogP contribution < -0.4 is 34.7 Å². The van der Waals surface area contributed by atoms with E-state index < -0.39 is 12.1 Å². The van der Waals surface area contributed by atoms with Crippen molar-refractivity contribution in [1.82, 2.24) is 0 Å². The third-order valence-electron chi connectivity index (χ3n) is 0.341. The molecule has 0 aliphatic rings. The standard InChI is InChI=1S/C3H6O3.Na/c1-2(4)3(5)6;/h2,4H,1H3,(H,5,6);/q;+1/p-1/i2+1;. The van der Waals surface area contributed by atoms with Crippen molar-refractivity contribution in [3.8, 4) is 0 Å². The molecule has 0 aliphatic carbocycles. The molecule has 0 heterocycles. The number of hydrogen-bond donors (Lipinski definition) is 1. The Morgan fingerprint density at radius 1 is 1.86 bits per heavy atom. The predicted molar refractivity (Wildman–Crippen MR) is 16.7 cm³/mol. The van der Waals surface area contributed by atoms with Crippen molar-refractivity contribution in [1.29, 1.82) is 0 Å². The number of aliphatic hydroxyl groups excluding tert-OH is 1. The Morgan fingerprint density at radius 2 is 2.00 bits per heavy atom. The molecule has 0 fully saturated rings. The third kappa shape index (κ3) is 6.43. The number of carbonyl (C=O) groups is 1. The maximum absolute atomic E-state index is 9.34. The summed E-state index contributed by atoms with van der Waals surface area (Å²) >= 11 is 0. The molecule has 0 aromatic carbocycles. The van der Waals surface area contributed by atoms with Gasteiger partial charge in [0.2, 0.25) is 0 Å². The molecule has 0 rings (SSSR count). The average molecular weight is 113 g/mol. The number of aliphatic hydroxyl groups is 1. The summed E-state index contributed by atoms with van der Waals surface area (Å²) in [6.45, 7) is 1.13. The molecule has 0 spiro atoms. The van der Waals surface area contributed by atoms with Gasteiger partial charge < -0.3 is 15.0 Å². The molecule has 3 nitrogen and oxygen atoms in total. The van der Waals surface area contributed by atoms with Gasteiger partial charge in [-0.05, 0) is 6.92 Å². The Balaban J connectivity index is 0. The van der Waals surface area contributed by atoms with Crippen LogP contribution in [-0.2, 0) is 4.79 Å². The molecule has 0 aliphatic heterocycles. The van der Waals surface area contributed by atoms with E-state index in [2.05, 4.69) is 0 Å². The van der Waals surface area contributed by atoms with Crippen LogP contribution in [0.4, 0.5) is 0 Å². The maximum atomic E-state index is 9.34. The van der Waals surface area contributed by atoms with Crippen molar-refractivity contribution in [3.63, 3.8) is 0 Å². The first-order valence-electron chi connectivity index (χ1n) is 1.53. The first-order valence-corrected chi connectivity index (χ1v) is 1.53. The van der Waals surface area contributed by atoms with Crippen molar-refractivity contribution in [3.05, 3.63) is 0 Å². The molecule has 0 aromatic heterocycles. The minimum Gasteiger partial charge on any atom is -0.547 e. The van der Waals surface area contributed by atoms with E-state index in [0.717, 1.165) is 6.92 Å². The van der Waals surface area contributed by atoms with E-state index in [4.69, 9.17) is 5.11 Å². The summed E-state index contributed by atoms with van der Waals surface area (Å²) in [5.74, 6) is -1.44. The molecule has 0 aromatic rings. The van der Waals surface area contributed by atoms with E-state index in [0.29, 0.717) is 0 Å². The third-order valence-corrected chi connectivity index (χ3v) is 0.341. The monoisotopic (exact) mass is 113 g/mol. The van der Waals surface area contributed by atoms with Crippen molar-refractivity contribution in [2.45, 2.75) is 13.0 Å². The molecule has 0 bridgehead atoms. The van der Waals surface area contributed by atoms with Crippen LogP contribution in [0.1, 0.15) is 6.92 Å². The van der Waals surface area contributed by atoms with Gasteiger partial charge in [-0.3, -0.25) is 0 Å². The Kier molecular flexibility index (Phi) is 6.82. The van der Waals surface area contributed by atoms with Crippen LogP contribution in [0, 0.1) is 0 Å². The predicted octanol–water partition coefficient (Wildman–Crippen LogP) is -4.88. The molecular weight excluding hydrogens is 108 g/mol. The number of rotatable bonds is 1. The summed E-state index contributed by atoms with van der Waals surface area (Å²) in [6, 6.07) is 0. The van der Waals surface area contributed by atoms with E-state index >= 15 is 0 Å². The number of aliphatic carboxylic acids is 1. The fourth-order valence-corrected chi connectivity index (χ4v) is 0. The van der Waals surface area contributed by atoms with Crippen LogP contribution >= 0.6 is 0 Å². The molecule has 0 saturated heterocycles. The zero-order valence-electron chi connectivity index (χ0n) is 4.34. The molecule has 0 saturated carbocycles. The van der Waals surface area contributed by atoms with Crippen LogP contribution in [0.25, 0.3) is 0 Å². The second kappa shape index (κ2) is 4.59. The minimum absolute atomic E-state index is 0. The zero-order valence-corrected chi connectivity index (χ0v) is 6.34. The Bertz CT molecular complexity index is 61.2. The maximum Gasteiger partial charge on any atom is 1.00 e. The van der Waals surface area contributed by atoms with E-state index in [1.54, 1.807) is 0 Å². The SMILES string of the molecule is C[13CH](O)C(=O)[O-].[Na+]. The van der Waals surface area contributed by atoms with Crippen molar-refractivity contribution in [2.24, 2.45) is 0 Å². The van der Waals surface area contributed by atoms with Gasteiger partial charge in [0.1, 0.15) is 0 Å². The summed E-state index contributed by atoms with van der Waals surface area (Å²) in [7, 11) is 0. The van der Waals surface area contributed by atoms with Crippen LogP contribution in [0.3, 0.4) is 0 Å². The van der Waals surface area contributed by atoms with Crippen LogP contribution in [0.15, 0.2) is 0 Å². The van der Waals surface area contributed by atoms with Gasteiger partial charge in [-0.2, -0.15) is 0 Å². The summed E-state index contributed by atoms with van der Waals surface area (Å²) in [4.78, 5) is 9.34. The molecule has 1 atom stereocenters. The van der Waals surface area contributed by atoms with Crippen LogP contribution in [-0.4, -0.2) is 17.2 Å². The summed E-state index contributed by atoms with van der Waals surface area (Å²) in [5, 5.41) is 17.3. The van der Waals surface area contributed by atoms with Gasteiger partial charge in [0.25, 0.3) is 0 Å². The minimum atomic E-state index is -1.44. The molecule has 1 N–H and O–H groups in total. The largest absolute Gasteiger partial charge is 1.00 e. The number of hydrogen-bond acceptors (Lipinski definition) is 3. The summed E-state index contributed by atoms with van der Waals surface area (Å²) in [6.07, 6.45) is -1.34. The van der Waals surface area contributed by atoms with E-state index in [1.165, 1.54) is 0 Å². The number of carboxylic acids is 1. The first-order chi connectivity index (χ1) is 2.64. The molecule has 4 heteroatoms. The smallest absolute Gasteiger partial charge is 0.547 e. The first kappa shape index (κ1) is 10.4. The zero-order chi connectivity index (χ0) is 5.15. The molecule has 1 unspecified atom stereocenters. The average Bonchev–Trinajstić information content (AvgIpc) is 1.36. The fourth-order valence-electron chi connectivity index (χ4n) is 0. The van der Waals surface area contributed by atoms with E-state index in [1.807, 2.05) is 0 Å². The molecule has 0 amide bonds. The quantitative estimate of drug-likeness (QED) is 0.274. The molecule has 0 radical (unpaired) electrons. The molecular formula is C3H5NaO3. The summed E-state index contributed by atoms with van der Waals surface area (Å²) < 4.78 is 0. The van der Waals surface area contributed by atoms with Crippen molar-refractivity contribution >= 4 is 5.97 Å². The molecule has 36 valence electrons. The van der Waals surface area contributed by atoms with Gasteiger partial charge >= 0.3 is 29.6 Å². The second-order valence-corrected chi connectivity index (χ2v) is 0.995. The van der Waals surface area contributed by atoms with Crippen molar-refractivity contribution in [2.75, 3.05) is 0 Å². The second-order valence-electron chi connectivity index (χ2n) is 0.995. The number of carboxylic acid groups (broad SMARTS) is 1. The normalized spacial score (nSPS) is 11.7. The van der Waals surface area contributed by atoms with E-state index in [-0.39, 0.29) is 29.6 Å². The van der Waals surface area contributed by atoms with Crippen molar-refractivity contribution < 1.29 is 44.6 Å². The topological polar surface area (TPSA) is 60.4 Å². The van der Waals surface area contributed by atoms with Gasteiger partial charge in [-0.15, -0.1) is 0 Å². The Hall–Kier alpha value is 0.430. The van der Waals surface area contributed by atoms with Gasteiger partial charge in [0.05, 0.1) is 12.1 Å².